The van der Waals surface area contributed by atoms with E-state index in [-0.39, 0.29) is 25.4 Å². The Labute approximate surface area is 422 Å². The predicted octanol–water partition coefficient (Wildman–Crippen LogP) is 13.3. The van der Waals surface area contributed by atoms with Gasteiger partial charge < -0.3 is 25.4 Å². The topological polar surface area (TPSA) is 161 Å². The Balaban J connectivity index is 0.000000186. The number of hydrogen-bond acceptors (Lipinski definition) is 11. The van der Waals surface area contributed by atoms with E-state index in [9.17, 15) is 9.59 Å². The van der Waals surface area contributed by atoms with Crippen LogP contribution in [0.5, 0.6) is 0 Å². The van der Waals surface area contributed by atoms with Crippen molar-refractivity contribution in [3.63, 3.8) is 0 Å². The third-order valence-electron chi connectivity index (χ3n) is 12.2. The number of H-pyrrole nitrogens is 2. The number of carbonyl (C=O) groups is 2. The Morgan fingerprint density at radius 3 is 1.83 bits per heavy atom. The smallest absolute Gasteiger partial charge is 0.229 e. The Hall–Kier alpha value is -7.06. The molecule has 10 rings (SSSR count). The third kappa shape index (κ3) is 11.5. The fourth-order valence-electron chi connectivity index (χ4n) is 8.76. The number of rotatable bonds is 14. The Morgan fingerprint density at radius 2 is 1.20 bits per heavy atom. The van der Waals surface area contributed by atoms with Crippen LogP contribution in [-0.4, -0.2) is 72.9 Å². The summed E-state index contributed by atoms with van der Waals surface area (Å²) in [5.74, 6) is 0.726. The fraction of sp³-hybridized carbons (Fsp3) is 0.241. The monoisotopic (exact) mass is 993 g/mol. The van der Waals surface area contributed by atoms with E-state index < -0.39 is 0 Å². The van der Waals surface area contributed by atoms with Gasteiger partial charge in [-0.3, -0.25) is 14.7 Å². The zero-order chi connectivity index (χ0) is 47.9. The lowest BCUT2D eigenvalue weighted by molar-refractivity contribution is -0.114. The van der Waals surface area contributed by atoms with Crippen LogP contribution in [0.1, 0.15) is 57.1 Å². The molecule has 0 radical (unpaired) electrons. The van der Waals surface area contributed by atoms with Crippen LogP contribution < -0.4 is 20.4 Å². The molecule has 2 aliphatic heterocycles. The quantitative estimate of drug-likeness (QED) is 0.0768. The highest BCUT2D eigenvalue weighted by atomic mass is 35.5. The summed E-state index contributed by atoms with van der Waals surface area (Å²) in [6, 6.07) is 29.8. The molecule has 2 saturated heterocycles. The molecule has 4 aromatic heterocycles. The highest BCUT2D eigenvalue weighted by Gasteiger charge is 2.20. The van der Waals surface area contributed by atoms with Crippen LogP contribution in [-0.2, 0) is 22.4 Å². The number of allylic oxidation sites excluding steroid dienone is 2. The van der Waals surface area contributed by atoms with E-state index in [1.807, 2.05) is 54.6 Å². The Kier molecular flexibility index (Phi) is 15.9. The van der Waals surface area contributed by atoms with Gasteiger partial charge in [0.1, 0.15) is 10.8 Å². The van der Waals surface area contributed by atoms with Crippen molar-refractivity contribution in [3.05, 3.63) is 149 Å². The van der Waals surface area contributed by atoms with Crippen molar-refractivity contribution in [2.75, 3.05) is 46.6 Å². The van der Waals surface area contributed by atoms with Gasteiger partial charge in [0.15, 0.2) is 17.2 Å². The molecule has 358 valence electrons. The maximum absolute atomic E-state index is 12.0. The molecule has 0 amide bonds. The lowest BCUT2D eigenvalue weighted by Crippen LogP contribution is -2.29. The van der Waals surface area contributed by atoms with Crippen molar-refractivity contribution in [1.29, 1.82) is 0 Å². The molecule has 70 heavy (non-hydrogen) atoms. The second-order valence-electron chi connectivity index (χ2n) is 17.0. The van der Waals surface area contributed by atoms with Crippen molar-refractivity contribution in [1.82, 2.24) is 35.1 Å². The van der Waals surface area contributed by atoms with Crippen LogP contribution >= 0.6 is 34.8 Å². The van der Waals surface area contributed by atoms with E-state index in [1.165, 1.54) is 62.1 Å². The highest BCUT2D eigenvalue weighted by Crippen LogP contribution is 2.36. The number of carbonyl (C=O) groups excluding carboxylic acids is 2. The Morgan fingerprint density at radius 1 is 0.629 bits per heavy atom. The standard InChI is InChI=1S/C27H26ClN5O.C26H24Cl2N6O.CH4/c1-2-22(34)15-18-8-6-9-19(14-18)25-24-23(28)17-29-26(24)32-27(31-25)30-20-10-7-11-21(16-20)33-12-4-3-5-13-33;1-2-20(35)14-17-13-16(9-10-21(17)27)23-22-24(28)32-33-25(22)31-26(30-23)29-18-7-6-8-19(15-18)34-11-4-3-5-12-34;/h2,6-11,14,16-17H,1,3-5,12-13,15H2,(H2,29,30,31,32);2,6-10,13,15H,1,3-5,11-12,14H2,(H2,29,30,31,32,33);1H4. The Bertz CT molecular complexity index is 3190. The number of benzene rings is 4. The summed E-state index contributed by atoms with van der Waals surface area (Å²) in [5, 5.41) is 16.5. The molecule has 13 nitrogen and oxygen atoms in total. The van der Waals surface area contributed by atoms with Crippen LogP contribution in [0, 0.1) is 0 Å². The number of halogens is 3. The van der Waals surface area contributed by atoms with Gasteiger partial charge in [-0.05, 0) is 116 Å². The number of ketones is 2. The molecular formula is C54H54Cl3N11O2. The molecule has 8 aromatic rings. The van der Waals surface area contributed by atoms with Crippen LogP contribution in [0.15, 0.2) is 123 Å². The number of nitrogens with one attached hydrogen (secondary N) is 4. The lowest BCUT2D eigenvalue weighted by atomic mass is 10.0. The summed E-state index contributed by atoms with van der Waals surface area (Å²) in [6.45, 7) is 11.4. The van der Waals surface area contributed by atoms with Crippen molar-refractivity contribution in [2.24, 2.45) is 0 Å². The molecule has 0 bridgehead atoms. The van der Waals surface area contributed by atoms with Crippen LogP contribution in [0.3, 0.4) is 0 Å². The van der Waals surface area contributed by atoms with Crippen LogP contribution in [0.25, 0.3) is 44.6 Å². The number of anilines is 6. The van der Waals surface area contributed by atoms with Crippen molar-refractivity contribution < 1.29 is 9.59 Å². The molecule has 6 heterocycles. The highest BCUT2D eigenvalue weighted by molar-refractivity contribution is 6.36. The van der Waals surface area contributed by atoms with E-state index in [1.54, 1.807) is 12.3 Å². The summed E-state index contributed by atoms with van der Waals surface area (Å²) in [4.78, 5) is 50.6. The number of aromatic nitrogens is 7. The fourth-order valence-corrected chi connectivity index (χ4v) is 9.39. The molecule has 16 heteroatoms. The van der Waals surface area contributed by atoms with Gasteiger partial charge in [-0.2, -0.15) is 15.1 Å². The van der Waals surface area contributed by atoms with Crippen molar-refractivity contribution >= 4 is 103 Å². The third-order valence-corrected chi connectivity index (χ3v) is 13.2. The van der Waals surface area contributed by atoms with Crippen LogP contribution in [0.4, 0.5) is 34.6 Å². The summed E-state index contributed by atoms with van der Waals surface area (Å²) in [6.07, 6.45) is 12.3. The van der Waals surface area contributed by atoms with Gasteiger partial charge >= 0.3 is 0 Å². The molecule has 4 aromatic carbocycles. The minimum absolute atomic E-state index is 0. The predicted molar refractivity (Wildman–Crippen MR) is 288 cm³/mol. The average molecular weight is 995 g/mol. The average Bonchev–Trinajstić information content (AvgIpc) is 3.95. The second-order valence-corrected chi connectivity index (χ2v) is 18.2. The molecule has 2 aliphatic rings. The largest absolute Gasteiger partial charge is 0.371 e. The van der Waals surface area contributed by atoms with Gasteiger partial charge in [0.25, 0.3) is 0 Å². The maximum atomic E-state index is 12.0. The summed E-state index contributed by atoms with van der Waals surface area (Å²) < 4.78 is 0. The SMILES string of the molecule is C.C=CC(=O)Cc1cc(-c2nc(Nc3cccc(N4CCCCC4)c3)nc3n[nH]c(Cl)c23)ccc1Cl.C=CC(=O)Cc1cccc(-c2nc(Nc3cccc(N4CCCCC4)c3)nc3[nH]cc(Cl)c23)c1. The zero-order valence-corrected chi connectivity index (χ0v) is 40.1. The van der Waals surface area contributed by atoms with Crippen molar-refractivity contribution in [2.45, 2.75) is 58.8 Å². The summed E-state index contributed by atoms with van der Waals surface area (Å²) >= 11 is 19.2. The normalized spacial score (nSPS) is 13.5. The van der Waals surface area contributed by atoms with Gasteiger partial charge in [-0.25, -0.2) is 9.97 Å². The molecule has 0 aliphatic carbocycles. The number of aromatic amines is 2. The summed E-state index contributed by atoms with van der Waals surface area (Å²) in [7, 11) is 0. The first-order valence-corrected chi connectivity index (χ1v) is 24.1. The van der Waals surface area contributed by atoms with Gasteiger partial charge in [0.05, 0.1) is 27.2 Å². The zero-order valence-electron chi connectivity index (χ0n) is 37.9. The minimum atomic E-state index is -0.117. The minimum Gasteiger partial charge on any atom is -0.371 e. The van der Waals surface area contributed by atoms with Gasteiger partial charge in [-0.1, -0.05) is 91.8 Å². The van der Waals surface area contributed by atoms with E-state index in [0.717, 1.165) is 59.6 Å². The van der Waals surface area contributed by atoms with Gasteiger partial charge in [0, 0.05) is 84.1 Å². The molecule has 0 unspecified atom stereocenters. The number of hydrogen-bond donors (Lipinski definition) is 4. The van der Waals surface area contributed by atoms with Crippen molar-refractivity contribution in [3.8, 4) is 22.5 Å². The van der Waals surface area contributed by atoms with E-state index in [4.69, 9.17) is 44.8 Å². The van der Waals surface area contributed by atoms with Gasteiger partial charge in [0.2, 0.25) is 11.9 Å². The second kappa shape index (κ2) is 22.6. The number of piperidine rings is 2. The molecular weight excluding hydrogens is 941 g/mol. The molecule has 0 atom stereocenters. The first-order chi connectivity index (χ1) is 33.6. The molecule has 2 fully saturated rings. The van der Waals surface area contributed by atoms with E-state index in [0.29, 0.717) is 67.1 Å². The van der Waals surface area contributed by atoms with Crippen LogP contribution in [0.2, 0.25) is 15.2 Å². The molecule has 0 saturated carbocycles. The summed E-state index contributed by atoms with van der Waals surface area (Å²) in [5.41, 5.74) is 9.77. The maximum Gasteiger partial charge on any atom is 0.229 e. The molecule has 4 N–H and O–H groups in total. The van der Waals surface area contributed by atoms with Gasteiger partial charge in [-0.15, -0.1) is 0 Å². The number of fused-ring (bicyclic) bond motifs is 2. The van der Waals surface area contributed by atoms with E-state index in [2.05, 4.69) is 89.1 Å². The first kappa shape index (κ1) is 49.4. The first-order valence-electron chi connectivity index (χ1n) is 23.0. The van der Waals surface area contributed by atoms with E-state index >= 15 is 0 Å². The molecule has 0 spiro atoms. The lowest BCUT2D eigenvalue weighted by Gasteiger charge is -2.29. The number of nitrogens with zero attached hydrogens (tertiary/aromatic N) is 7.